The van der Waals surface area contributed by atoms with Gasteiger partial charge in [-0.1, -0.05) is 30.3 Å². The minimum atomic E-state index is 0.664. The first-order valence-corrected chi connectivity index (χ1v) is 6.35. The second kappa shape index (κ2) is 4.42. The summed E-state index contributed by atoms with van der Waals surface area (Å²) >= 11 is 3.33. The molecule has 0 fully saturated rings. The van der Waals surface area contributed by atoms with Crippen molar-refractivity contribution < 1.29 is 0 Å². The van der Waals surface area contributed by atoms with Crippen molar-refractivity contribution in [2.75, 3.05) is 5.73 Å². The zero-order valence-electron chi connectivity index (χ0n) is 9.55. The summed E-state index contributed by atoms with van der Waals surface area (Å²) in [7, 11) is 0. The quantitative estimate of drug-likeness (QED) is 0.792. The summed E-state index contributed by atoms with van der Waals surface area (Å²) in [4.78, 5) is 8.65. The summed E-state index contributed by atoms with van der Waals surface area (Å²) in [6.07, 6.45) is 4.26. The third-order valence-corrected chi connectivity index (χ3v) is 3.21. The summed E-state index contributed by atoms with van der Waals surface area (Å²) in [6.45, 7) is 0. The minimum absolute atomic E-state index is 0.664. The fourth-order valence-corrected chi connectivity index (χ4v) is 2.22. The van der Waals surface area contributed by atoms with Gasteiger partial charge < -0.3 is 5.73 Å². The average molecular weight is 303 g/mol. The molecule has 0 amide bonds. The molecule has 2 heterocycles. The Bertz CT molecular complexity index is 691. The normalized spacial score (nSPS) is 10.9. The highest BCUT2D eigenvalue weighted by molar-refractivity contribution is 9.10. The zero-order valence-corrected chi connectivity index (χ0v) is 11.1. The molecule has 0 unspecified atom stereocenters. The van der Waals surface area contributed by atoms with E-state index in [0.29, 0.717) is 5.82 Å². The molecule has 0 bridgehead atoms. The molecule has 0 aliphatic carbocycles. The van der Waals surface area contributed by atoms with Gasteiger partial charge in [0.1, 0.15) is 10.4 Å². The Labute approximate surface area is 113 Å². The summed E-state index contributed by atoms with van der Waals surface area (Å²) in [5.74, 6) is 0.664. The Morgan fingerprint density at radius 1 is 1.22 bits per heavy atom. The molecule has 0 spiro atoms. The van der Waals surface area contributed by atoms with Crippen LogP contribution in [-0.4, -0.2) is 14.4 Å². The number of imidazole rings is 1. The molecule has 5 heteroatoms. The van der Waals surface area contributed by atoms with Crippen molar-refractivity contribution in [1.29, 1.82) is 0 Å². The van der Waals surface area contributed by atoms with Gasteiger partial charge in [0, 0.05) is 12.6 Å². The fourth-order valence-electron chi connectivity index (χ4n) is 1.92. The maximum Gasteiger partial charge on any atom is 0.157 e. The van der Waals surface area contributed by atoms with E-state index in [0.717, 1.165) is 22.4 Å². The monoisotopic (exact) mass is 302 g/mol. The lowest BCUT2D eigenvalue weighted by molar-refractivity contribution is 1.11. The van der Waals surface area contributed by atoms with Gasteiger partial charge >= 0.3 is 0 Å². The van der Waals surface area contributed by atoms with Crippen LogP contribution in [0.3, 0.4) is 0 Å². The van der Waals surface area contributed by atoms with Crippen molar-refractivity contribution in [1.82, 2.24) is 14.4 Å². The van der Waals surface area contributed by atoms with Crippen molar-refractivity contribution in [3.63, 3.8) is 0 Å². The molecule has 3 rings (SSSR count). The highest BCUT2D eigenvalue weighted by Crippen LogP contribution is 2.19. The molecule has 2 aromatic heterocycles. The lowest BCUT2D eigenvalue weighted by Gasteiger charge is -1.99. The van der Waals surface area contributed by atoms with Crippen LogP contribution in [-0.2, 0) is 6.42 Å². The largest absolute Gasteiger partial charge is 0.383 e. The summed E-state index contributed by atoms with van der Waals surface area (Å²) in [5, 5.41) is 0. The first kappa shape index (κ1) is 11.2. The van der Waals surface area contributed by atoms with Gasteiger partial charge in [-0.2, -0.15) is 0 Å². The molecule has 0 saturated heterocycles. The molecular formula is C13H11BrN4. The SMILES string of the molecule is Nc1c(Cc2ccccc2)nc2cnc(Br)cn12. The first-order chi connectivity index (χ1) is 8.74. The average Bonchev–Trinajstić information content (AvgIpc) is 2.68. The van der Waals surface area contributed by atoms with Gasteiger partial charge in [-0.15, -0.1) is 0 Å². The number of hydrogen-bond acceptors (Lipinski definition) is 3. The fraction of sp³-hybridized carbons (Fsp3) is 0.0769. The molecule has 90 valence electrons. The van der Waals surface area contributed by atoms with Crippen LogP contribution < -0.4 is 5.73 Å². The molecule has 2 N–H and O–H groups in total. The molecule has 0 aliphatic rings. The second-order valence-electron chi connectivity index (χ2n) is 4.04. The number of fused-ring (bicyclic) bond motifs is 1. The van der Waals surface area contributed by atoms with E-state index in [-0.39, 0.29) is 0 Å². The summed E-state index contributed by atoms with van der Waals surface area (Å²) in [6, 6.07) is 10.2. The van der Waals surface area contributed by atoms with Gasteiger partial charge in [0.25, 0.3) is 0 Å². The van der Waals surface area contributed by atoms with E-state index >= 15 is 0 Å². The molecule has 0 radical (unpaired) electrons. The predicted molar refractivity (Wildman–Crippen MR) is 74.3 cm³/mol. The summed E-state index contributed by atoms with van der Waals surface area (Å²) < 4.78 is 2.58. The van der Waals surface area contributed by atoms with E-state index in [9.17, 15) is 0 Å². The van der Waals surface area contributed by atoms with Crippen molar-refractivity contribution in [3.05, 3.63) is 58.6 Å². The Hall–Kier alpha value is -1.88. The molecule has 4 nitrogen and oxygen atoms in total. The lowest BCUT2D eigenvalue weighted by Crippen LogP contribution is -1.97. The predicted octanol–water partition coefficient (Wildman–Crippen LogP) is 2.66. The van der Waals surface area contributed by atoms with Gasteiger partial charge in [-0.05, 0) is 21.5 Å². The minimum Gasteiger partial charge on any atom is -0.383 e. The van der Waals surface area contributed by atoms with Gasteiger partial charge in [-0.25, -0.2) is 9.97 Å². The number of rotatable bonds is 2. The highest BCUT2D eigenvalue weighted by atomic mass is 79.9. The molecule has 1 aromatic carbocycles. The Morgan fingerprint density at radius 2 is 2.00 bits per heavy atom. The topological polar surface area (TPSA) is 56.2 Å². The molecule has 0 atom stereocenters. The van der Waals surface area contributed by atoms with E-state index in [1.807, 2.05) is 28.8 Å². The standard InChI is InChI=1S/C13H11BrN4/c14-11-8-18-12(7-16-11)17-10(13(18)15)6-9-4-2-1-3-5-9/h1-5,7-8H,6,15H2. The van der Waals surface area contributed by atoms with Crippen LogP contribution in [0, 0.1) is 0 Å². The van der Waals surface area contributed by atoms with E-state index in [4.69, 9.17) is 5.73 Å². The summed E-state index contributed by atoms with van der Waals surface area (Å²) in [5.41, 5.74) is 8.94. The third-order valence-electron chi connectivity index (χ3n) is 2.80. The van der Waals surface area contributed by atoms with Crippen molar-refractivity contribution >= 4 is 27.4 Å². The number of nitrogen functional groups attached to an aromatic ring is 1. The van der Waals surface area contributed by atoms with Crippen LogP contribution in [0.4, 0.5) is 5.82 Å². The van der Waals surface area contributed by atoms with Crippen LogP contribution in [0.1, 0.15) is 11.3 Å². The van der Waals surface area contributed by atoms with Gasteiger partial charge in [-0.3, -0.25) is 4.40 Å². The van der Waals surface area contributed by atoms with Crippen LogP contribution >= 0.6 is 15.9 Å². The van der Waals surface area contributed by atoms with Crippen LogP contribution in [0.15, 0.2) is 47.3 Å². The van der Waals surface area contributed by atoms with Crippen molar-refractivity contribution in [2.24, 2.45) is 0 Å². The first-order valence-electron chi connectivity index (χ1n) is 5.56. The van der Waals surface area contributed by atoms with Crippen LogP contribution in [0.25, 0.3) is 5.65 Å². The van der Waals surface area contributed by atoms with Crippen molar-refractivity contribution in [3.8, 4) is 0 Å². The van der Waals surface area contributed by atoms with Gasteiger partial charge in [0.2, 0.25) is 0 Å². The molecule has 0 saturated carbocycles. The third kappa shape index (κ3) is 1.97. The Morgan fingerprint density at radius 3 is 2.78 bits per heavy atom. The second-order valence-corrected chi connectivity index (χ2v) is 4.86. The zero-order chi connectivity index (χ0) is 12.5. The molecular weight excluding hydrogens is 292 g/mol. The number of hydrogen-bond donors (Lipinski definition) is 1. The van der Waals surface area contributed by atoms with E-state index in [2.05, 4.69) is 38.0 Å². The molecule has 18 heavy (non-hydrogen) atoms. The maximum absolute atomic E-state index is 6.11. The van der Waals surface area contributed by atoms with E-state index in [1.54, 1.807) is 6.20 Å². The number of anilines is 1. The molecule has 0 aliphatic heterocycles. The smallest absolute Gasteiger partial charge is 0.157 e. The van der Waals surface area contributed by atoms with Gasteiger partial charge in [0.15, 0.2) is 5.65 Å². The number of nitrogens with zero attached hydrogens (tertiary/aromatic N) is 3. The number of benzene rings is 1. The van der Waals surface area contributed by atoms with E-state index in [1.165, 1.54) is 5.56 Å². The van der Waals surface area contributed by atoms with E-state index < -0.39 is 0 Å². The lowest BCUT2D eigenvalue weighted by atomic mass is 10.1. The Kier molecular flexibility index (Phi) is 2.76. The molecule has 3 aromatic rings. The Balaban J connectivity index is 2.05. The van der Waals surface area contributed by atoms with Crippen LogP contribution in [0.5, 0.6) is 0 Å². The van der Waals surface area contributed by atoms with Gasteiger partial charge in [0.05, 0.1) is 11.9 Å². The maximum atomic E-state index is 6.11. The number of aromatic nitrogens is 3. The number of halogens is 1. The van der Waals surface area contributed by atoms with Crippen LogP contribution in [0.2, 0.25) is 0 Å². The van der Waals surface area contributed by atoms with Crippen molar-refractivity contribution in [2.45, 2.75) is 6.42 Å². The number of nitrogens with two attached hydrogens (primary N) is 1. The highest BCUT2D eigenvalue weighted by Gasteiger charge is 2.10.